The van der Waals surface area contributed by atoms with Crippen LogP contribution in [0.1, 0.15) is 0 Å². The van der Waals surface area contributed by atoms with E-state index in [2.05, 4.69) is 21.9 Å². The summed E-state index contributed by atoms with van der Waals surface area (Å²) in [6, 6.07) is 0. The molecule has 0 atom stereocenters. The summed E-state index contributed by atoms with van der Waals surface area (Å²) in [5.41, 5.74) is 0. The van der Waals surface area contributed by atoms with Crippen molar-refractivity contribution in [1.29, 1.82) is 0 Å². The first kappa shape index (κ1) is 8.26. The van der Waals surface area contributed by atoms with Gasteiger partial charge in [-0.05, 0) is 11.1 Å². The Hall–Kier alpha value is -0.740. The Morgan fingerprint density at radius 2 is 1.78 bits per heavy atom. The maximum Gasteiger partial charge on any atom is -0.0122 e. The lowest BCUT2D eigenvalue weighted by molar-refractivity contribution is 1.94. The summed E-state index contributed by atoms with van der Waals surface area (Å²) in [5, 5.41) is 0. The van der Waals surface area contributed by atoms with Gasteiger partial charge in [0.2, 0.25) is 0 Å². The highest BCUT2D eigenvalue weighted by Gasteiger charge is 1.57. The molecule has 9 heavy (non-hydrogen) atoms. The zero-order chi connectivity index (χ0) is 6.95. The lowest BCUT2D eigenvalue weighted by Gasteiger charge is -1.67. The second-order valence-corrected chi connectivity index (χ2v) is 1.76. The standard InChI is InChI=1S/C8H7Br/c1-2-3-4-5-6-7-8-9/h1,3-8H/b4-3+,6-5+,8-7+. The topological polar surface area (TPSA) is 0 Å². The van der Waals surface area contributed by atoms with Crippen molar-refractivity contribution < 1.29 is 0 Å². The van der Waals surface area contributed by atoms with Crippen LogP contribution in [-0.2, 0) is 0 Å². The van der Waals surface area contributed by atoms with E-state index in [0.717, 1.165) is 0 Å². The van der Waals surface area contributed by atoms with Crippen molar-refractivity contribution in [1.82, 2.24) is 0 Å². The van der Waals surface area contributed by atoms with Crippen LogP contribution in [0.2, 0.25) is 0 Å². The fourth-order valence-corrected chi connectivity index (χ4v) is 0.458. The van der Waals surface area contributed by atoms with Crippen molar-refractivity contribution in [2.75, 3.05) is 0 Å². The van der Waals surface area contributed by atoms with Crippen LogP contribution < -0.4 is 0 Å². The van der Waals surface area contributed by atoms with Gasteiger partial charge in [-0.1, -0.05) is 46.2 Å². The molecule has 0 aliphatic heterocycles. The van der Waals surface area contributed by atoms with E-state index in [1.165, 1.54) is 0 Å². The number of terminal acetylenes is 1. The summed E-state index contributed by atoms with van der Waals surface area (Å²) in [7, 11) is 0. The molecule has 46 valence electrons. The van der Waals surface area contributed by atoms with Gasteiger partial charge >= 0.3 is 0 Å². The molecule has 0 bridgehead atoms. The minimum atomic E-state index is 1.64. The molecule has 0 aliphatic rings. The van der Waals surface area contributed by atoms with Gasteiger partial charge < -0.3 is 0 Å². The fourth-order valence-electron chi connectivity index (χ4n) is 0.281. The Bertz CT molecular complexity index is 167. The summed E-state index contributed by atoms with van der Waals surface area (Å²) in [5.74, 6) is 2.38. The Balaban J connectivity index is 3.50. The van der Waals surface area contributed by atoms with Crippen molar-refractivity contribution >= 4 is 15.9 Å². The van der Waals surface area contributed by atoms with Crippen molar-refractivity contribution in [3.8, 4) is 12.3 Å². The lowest BCUT2D eigenvalue weighted by Crippen LogP contribution is -1.47. The molecule has 0 rings (SSSR count). The number of hydrogen-bond donors (Lipinski definition) is 0. The van der Waals surface area contributed by atoms with Crippen LogP contribution in [-0.4, -0.2) is 0 Å². The molecule has 0 unspecified atom stereocenters. The molecule has 0 aromatic heterocycles. The van der Waals surface area contributed by atoms with E-state index in [0.29, 0.717) is 0 Å². The first-order valence-electron chi connectivity index (χ1n) is 2.46. The van der Waals surface area contributed by atoms with Gasteiger partial charge in [0, 0.05) is 0 Å². The van der Waals surface area contributed by atoms with Crippen LogP contribution >= 0.6 is 15.9 Å². The maximum absolute atomic E-state index is 4.95. The molecule has 0 nitrogen and oxygen atoms in total. The Kier molecular flexibility index (Phi) is 6.66. The second-order valence-electron chi connectivity index (χ2n) is 1.23. The zero-order valence-electron chi connectivity index (χ0n) is 4.92. The Morgan fingerprint density at radius 3 is 2.33 bits per heavy atom. The normalized spacial score (nSPS) is 11.6. The second kappa shape index (κ2) is 7.26. The summed E-state index contributed by atoms with van der Waals surface area (Å²) < 4.78 is 0. The highest BCUT2D eigenvalue weighted by molar-refractivity contribution is 9.11. The number of rotatable bonds is 2. The molecule has 0 amide bonds. The van der Waals surface area contributed by atoms with E-state index in [9.17, 15) is 0 Å². The smallest absolute Gasteiger partial charge is 0.0122 e. The molecule has 0 radical (unpaired) electrons. The number of halogens is 1. The summed E-state index contributed by atoms with van der Waals surface area (Å²) in [6.07, 6.45) is 14.0. The average molecular weight is 183 g/mol. The molecule has 0 aliphatic carbocycles. The van der Waals surface area contributed by atoms with E-state index in [1.807, 2.05) is 18.2 Å². The highest BCUT2D eigenvalue weighted by atomic mass is 79.9. The third-order valence-electron chi connectivity index (χ3n) is 0.599. The van der Waals surface area contributed by atoms with E-state index in [1.54, 1.807) is 17.1 Å². The van der Waals surface area contributed by atoms with Gasteiger partial charge in [0.05, 0.1) is 0 Å². The summed E-state index contributed by atoms with van der Waals surface area (Å²) in [4.78, 5) is 1.77. The van der Waals surface area contributed by atoms with Crippen molar-refractivity contribution in [2.24, 2.45) is 0 Å². The van der Waals surface area contributed by atoms with Crippen LogP contribution in [0.15, 0.2) is 35.4 Å². The van der Waals surface area contributed by atoms with Gasteiger partial charge in [-0.2, -0.15) is 0 Å². The third-order valence-corrected chi connectivity index (χ3v) is 0.904. The molecule has 0 aromatic carbocycles. The number of allylic oxidation sites excluding steroid dienone is 5. The fraction of sp³-hybridized carbons (Fsp3) is 0. The monoisotopic (exact) mass is 182 g/mol. The van der Waals surface area contributed by atoms with E-state index < -0.39 is 0 Å². The minimum Gasteiger partial charge on any atom is -0.115 e. The third kappa shape index (κ3) is 7.26. The molecule has 0 N–H and O–H groups in total. The van der Waals surface area contributed by atoms with Crippen LogP contribution in [0, 0.1) is 12.3 Å². The largest absolute Gasteiger partial charge is 0.115 e. The van der Waals surface area contributed by atoms with E-state index in [-0.39, 0.29) is 0 Å². The molecule has 0 fully saturated rings. The molecular weight excluding hydrogens is 176 g/mol. The zero-order valence-corrected chi connectivity index (χ0v) is 6.51. The Morgan fingerprint density at radius 1 is 1.11 bits per heavy atom. The molecule has 0 heterocycles. The Labute approximate surface area is 64.1 Å². The molecule has 1 heteroatoms. The molecule has 0 saturated heterocycles. The summed E-state index contributed by atoms with van der Waals surface area (Å²) >= 11 is 3.12. The first-order chi connectivity index (χ1) is 4.41. The van der Waals surface area contributed by atoms with Crippen LogP contribution in [0.4, 0.5) is 0 Å². The molecule has 0 saturated carbocycles. The van der Waals surface area contributed by atoms with Gasteiger partial charge in [0.1, 0.15) is 0 Å². The minimum absolute atomic E-state index is 1.64. The number of hydrogen-bond acceptors (Lipinski definition) is 0. The van der Waals surface area contributed by atoms with Gasteiger partial charge in [-0.25, -0.2) is 0 Å². The van der Waals surface area contributed by atoms with E-state index >= 15 is 0 Å². The van der Waals surface area contributed by atoms with E-state index in [4.69, 9.17) is 6.42 Å². The first-order valence-corrected chi connectivity index (χ1v) is 3.38. The quantitative estimate of drug-likeness (QED) is 0.456. The van der Waals surface area contributed by atoms with Crippen molar-refractivity contribution in [3.05, 3.63) is 35.4 Å². The van der Waals surface area contributed by atoms with Crippen LogP contribution in [0.5, 0.6) is 0 Å². The van der Waals surface area contributed by atoms with Gasteiger partial charge in [-0.3, -0.25) is 0 Å². The van der Waals surface area contributed by atoms with Gasteiger partial charge in [0.15, 0.2) is 0 Å². The molecule has 0 aromatic rings. The molecule has 0 spiro atoms. The maximum atomic E-state index is 4.95. The SMILES string of the molecule is C#C/C=C/C=C/C=C/Br. The van der Waals surface area contributed by atoms with Crippen molar-refractivity contribution in [2.45, 2.75) is 0 Å². The van der Waals surface area contributed by atoms with Crippen LogP contribution in [0.25, 0.3) is 0 Å². The summed E-state index contributed by atoms with van der Waals surface area (Å²) in [6.45, 7) is 0. The highest BCUT2D eigenvalue weighted by Crippen LogP contribution is 1.84. The van der Waals surface area contributed by atoms with Crippen LogP contribution in [0.3, 0.4) is 0 Å². The predicted octanol–water partition coefficient (Wildman–Crippen LogP) is 2.64. The average Bonchev–Trinajstić information content (AvgIpc) is 1.89. The molecular formula is C8H7Br. The van der Waals surface area contributed by atoms with Gasteiger partial charge in [0.25, 0.3) is 0 Å². The van der Waals surface area contributed by atoms with Gasteiger partial charge in [-0.15, -0.1) is 6.42 Å². The predicted molar refractivity (Wildman–Crippen MR) is 45.2 cm³/mol. The van der Waals surface area contributed by atoms with Crippen molar-refractivity contribution in [3.63, 3.8) is 0 Å². The lowest BCUT2D eigenvalue weighted by atomic mass is 10.4.